The molecule has 1 aliphatic heterocycles. The van der Waals surface area contributed by atoms with Crippen molar-refractivity contribution in [2.24, 2.45) is 0 Å². The summed E-state index contributed by atoms with van der Waals surface area (Å²) in [6, 6.07) is -4.57. The first-order valence-electron chi connectivity index (χ1n) is 7.05. The van der Waals surface area contributed by atoms with Gasteiger partial charge in [-0.05, 0) is 24.8 Å². The second-order valence-electron chi connectivity index (χ2n) is 5.43. The van der Waals surface area contributed by atoms with E-state index in [0.717, 1.165) is 0 Å². The lowest BCUT2D eigenvalue weighted by Gasteiger charge is -2.52. The molecule has 2 rings (SSSR count). The number of hydrogen-bond donors (Lipinski definition) is 6. The summed E-state index contributed by atoms with van der Waals surface area (Å²) in [4.78, 5) is 2.78. The average Bonchev–Trinajstić information content (AvgIpc) is 2.94. The zero-order valence-corrected chi connectivity index (χ0v) is 13.9. The molecule has 0 aromatic heterocycles. The molecular formula is C9H19ClN7O6S-3. The van der Waals surface area contributed by atoms with Crippen LogP contribution < -0.4 is 15.7 Å². The lowest BCUT2D eigenvalue weighted by molar-refractivity contribution is -0.178. The third-order valence-electron chi connectivity index (χ3n) is 4.04. The highest BCUT2D eigenvalue weighted by Crippen LogP contribution is 2.30. The number of hydroxylamine groups is 6. The summed E-state index contributed by atoms with van der Waals surface area (Å²) in [6.45, 7) is 0.426. The minimum Gasteiger partial charge on any atom is -0.762 e. The summed E-state index contributed by atoms with van der Waals surface area (Å²) >= 11 is 6.88. The fourth-order valence-electron chi connectivity index (χ4n) is 2.88. The maximum absolute atomic E-state index is 11.5. The second kappa shape index (κ2) is 9.17. The fourth-order valence-corrected chi connectivity index (χ4v) is 3.85. The first kappa shape index (κ1) is 20.4. The number of nitrogens with zero attached hydrogens (tertiary/aromatic N) is 4. The van der Waals surface area contributed by atoms with E-state index in [-0.39, 0.29) is 28.5 Å². The number of hydrazine groups is 2. The Hall–Kier alpha value is 0.120. The largest absolute Gasteiger partial charge is 0.762 e. The molecule has 142 valence electrons. The predicted octanol–water partition coefficient (Wildman–Crippen LogP) is -1.09. The van der Waals surface area contributed by atoms with Gasteiger partial charge in [-0.25, -0.2) is 5.01 Å². The van der Waals surface area contributed by atoms with E-state index in [1.54, 1.807) is 5.01 Å². The van der Waals surface area contributed by atoms with Gasteiger partial charge in [-0.2, -0.15) is 10.4 Å². The van der Waals surface area contributed by atoms with Crippen LogP contribution in [0.4, 0.5) is 0 Å². The van der Waals surface area contributed by atoms with E-state index in [9.17, 15) is 26.0 Å². The summed E-state index contributed by atoms with van der Waals surface area (Å²) in [6.07, 6.45) is -0.397. The minimum atomic E-state index is -1.24. The van der Waals surface area contributed by atoms with Gasteiger partial charge in [-0.15, -0.1) is 11.6 Å². The fraction of sp³-hybridized carbons (Fsp3) is 1.00. The summed E-state index contributed by atoms with van der Waals surface area (Å²) in [7, 11) is 0. The Kier molecular flexibility index (Phi) is 7.81. The standard InChI is InChI=1S/C9H19ClN7O6S/c10-1-2-14-9(24-13-12-14)11-8-6(16(20)21)3-5(15(18)19)4-7(8)17(22)23/h5-9,11-13,18,20,22H,1-4H2/q-3. The van der Waals surface area contributed by atoms with Gasteiger partial charge in [-0.1, -0.05) is 0 Å². The highest BCUT2D eigenvalue weighted by atomic mass is 35.5. The van der Waals surface area contributed by atoms with Crippen LogP contribution >= 0.6 is 23.5 Å². The molecule has 0 amide bonds. The molecule has 0 radical (unpaired) electrons. The van der Waals surface area contributed by atoms with Crippen molar-refractivity contribution in [2.45, 2.75) is 42.5 Å². The van der Waals surface area contributed by atoms with Crippen molar-refractivity contribution in [3.63, 3.8) is 0 Å². The molecule has 3 unspecified atom stereocenters. The Morgan fingerprint density at radius 1 is 1.12 bits per heavy atom. The van der Waals surface area contributed by atoms with E-state index in [4.69, 9.17) is 16.8 Å². The SMILES string of the molecule is [O-]N(O)C1CC(N([O-])O)C(NC2SNNN2CCCl)C(N([O-])O)C1. The van der Waals surface area contributed by atoms with E-state index in [2.05, 4.69) is 15.7 Å². The maximum atomic E-state index is 11.5. The molecule has 2 fully saturated rings. The Bertz CT molecular complexity index is 381. The van der Waals surface area contributed by atoms with Crippen LogP contribution in [0.25, 0.3) is 0 Å². The Balaban J connectivity index is 2.15. The third-order valence-corrected chi connectivity index (χ3v) is 5.03. The molecule has 1 saturated heterocycles. The van der Waals surface area contributed by atoms with Crippen LogP contribution in [0.15, 0.2) is 0 Å². The van der Waals surface area contributed by atoms with Crippen LogP contribution in [0.1, 0.15) is 12.8 Å². The van der Waals surface area contributed by atoms with Crippen molar-refractivity contribution in [3.05, 3.63) is 15.6 Å². The highest BCUT2D eigenvalue weighted by molar-refractivity contribution is 7.98. The third kappa shape index (κ3) is 4.85. The van der Waals surface area contributed by atoms with E-state index >= 15 is 0 Å². The first-order valence-corrected chi connectivity index (χ1v) is 8.47. The molecule has 15 heteroatoms. The molecule has 0 spiro atoms. The van der Waals surface area contributed by atoms with Crippen molar-refractivity contribution in [1.82, 2.24) is 36.4 Å². The number of nitrogens with one attached hydrogen (secondary N) is 3. The number of rotatable bonds is 7. The van der Waals surface area contributed by atoms with Gasteiger partial charge in [0.15, 0.2) is 0 Å². The molecule has 13 nitrogen and oxygen atoms in total. The van der Waals surface area contributed by atoms with Crippen molar-refractivity contribution >= 4 is 23.5 Å². The first-order chi connectivity index (χ1) is 11.3. The van der Waals surface area contributed by atoms with Crippen LogP contribution in [0.2, 0.25) is 0 Å². The molecular weight excluding hydrogens is 370 g/mol. The Labute approximate surface area is 146 Å². The zero-order chi connectivity index (χ0) is 17.9. The molecule has 0 aromatic carbocycles. The summed E-state index contributed by atoms with van der Waals surface area (Å²) in [5.41, 5.74) is 2.34. The van der Waals surface area contributed by atoms with Gasteiger partial charge >= 0.3 is 0 Å². The lowest BCUT2D eigenvalue weighted by atomic mass is 9.83. The van der Waals surface area contributed by atoms with Crippen LogP contribution in [-0.4, -0.2) is 78.4 Å². The van der Waals surface area contributed by atoms with Crippen molar-refractivity contribution in [1.29, 1.82) is 0 Å². The van der Waals surface area contributed by atoms with Gasteiger partial charge in [0.25, 0.3) is 0 Å². The maximum Gasteiger partial charge on any atom is 0.138 e. The van der Waals surface area contributed by atoms with Crippen molar-refractivity contribution < 1.29 is 15.6 Å². The minimum absolute atomic E-state index is 0.199. The van der Waals surface area contributed by atoms with E-state index in [0.29, 0.717) is 12.4 Å². The molecule has 0 aromatic rings. The number of halogens is 1. The van der Waals surface area contributed by atoms with Gasteiger partial charge < -0.3 is 31.2 Å². The molecule has 1 heterocycles. The topological polar surface area (TPSA) is 179 Å². The molecule has 2 aliphatic rings. The van der Waals surface area contributed by atoms with Crippen LogP contribution in [0, 0.1) is 15.6 Å². The summed E-state index contributed by atoms with van der Waals surface area (Å²) in [5.74, 6) is 0.310. The average molecular weight is 389 g/mol. The molecule has 24 heavy (non-hydrogen) atoms. The normalized spacial score (nSPS) is 35.5. The van der Waals surface area contributed by atoms with Gasteiger partial charge in [0, 0.05) is 36.6 Å². The van der Waals surface area contributed by atoms with Crippen molar-refractivity contribution in [2.75, 3.05) is 12.4 Å². The van der Waals surface area contributed by atoms with E-state index in [1.807, 2.05) is 0 Å². The van der Waals surface area contributed by atoms with E-state index in [1.165, 1.54) is 11.9 Å². The predicted molar refractivity (Wildman–Crippen MR) is 83.6 cm³/mol. The van der Waals surface area contributed by atoms with Crippen LogP contribution in [-0.2, 0) is 0 Å². The second-order valence-corrected chi connectivity index (χ2v) is 6.69. The Morgan fingerprint density at radius 2 is 1.71 bits per heavy atom. The van der Waals surface area contributed by atoms with Crippen LogP contribution in [0.5, 0.6) is 0 Å². The van der Waals surface area contributed by atoms with Crippen molar-refractivity contribution in [3.8, 4) is 0 Å². The lowest BCUT2D eigenvalue weighted by Crippen LogP contribution is -2.66. The molecule has 1 aliphatic carbocycles. The quantitative estimate of drug-likeness (QED) is 0.176. The van der Waals surface area contributed by atoms with Gasteiger partial charge in [0.1, 0.15) is 5.50 Å². The molecule has 3 atom stereocenters. The number of alkyl halides is 1. The van der Waals surface area contributed by atoms with Crippen LogP contribution in [0.3, 0.4) is 0 Å². The van der Waals surface area contributed by atoms with E-state index < -0.39 is 29.7 Å². The summed E-state index contributed by atoms with van der Waals surface area (Å²) in [5, 5.41) is 65.3. The molecule has 1 saturated carbocycles. The zero-order valence-electron chi connectivity index (χ0n) is 12.4. The number of hydrogen-bond acceptors (Lipinski definition) is 14. The summed E-state index contributed by atoms with van der Waals surface area (Å²) < 4.78 is 0. The molecule has 6 N–H and O–H groups in total. The smallest absolute Gasteiger partial charge is 0.138 e. The monoisotopic (exact) mass is 388 g/mol. The highest BCUT2D eigenvalue weighted by Gasteiger charge is 2.42. The Morgan fingerprint density at radius 3 is 2.17 bits per heavy atom. The van der Waals surface area contributed by atoms with Gasteiger partial charge in [0.05, 0.1) is 0 Å². The molecule has 0 bridgehead atoms. The van der Waals surface area contributed by atoms with Gasteiger partial charge in [0.2, 0.25) is 0 Å². The van der Waals surface area contributed by atoms with Gasteiger partial charge in [-0.3, -0.25) is 21.0 Å².